The largest absolute Gasteiger partial charge is 0.492 e. The Balaban J connectivity index is 2.24. The van der Waals surface area contributed by atoms with Gasteiger partial charge in [0.1, 0.15) is 5.75 Å². The highest BCUT2D eigenvalue weighted by Gasteiger charge is 2.33. The third kappa shape index (κ3) is 3.97. The molecule has 23 heavy (non-hydrogen) atoms. The molecule has 0 radical (unpaired) electrons. The van der Waals surface area contributed by atoms with Gasteiger partial charge in [0.2, 0.25) is 15.9 Å². The standard InChI is InChI=1S/C15H21ClN2O4S/c1-3-22-14-7-6-12(9-13(14)16)23(20,21)18-8-4-5-11(10-18)15(19)17-2/h6-7,9,11H,3-5,8,10H2,1-2H3,(H,17,19). The second-order valence-corrected chi connectivity index (χ2v) is 7.69. The molecule has 1 saturated heterocycles. The Morgan fingerprint density at radius 1 is 1.48 bits per heavy atom. The lowest BCUT2D eigenvalue weighted by atomic mass is 9.99. The molecule has 2 rings (SSSR count). The highest BCUT2D eigenvalue weighted by atomic mass is 35.5. The molecular formula is C15H21ClN2O4S. The van der Waals surface area contributed by atoms with E-state index in [0.717, 1.165) is 0 Å². The van der Waals surface area contributed by atoms with E-state index in [2.05, 4.69) is 5.32 Å². The molecule has 1 unspecified atom stereocenters. The first-order valence-corrected chi connectivity index (χ1v) is 9.36. The predicted octanol–water partition coefficient (Wildman–Crippen LogP) is 1.89. The number of halogens is 1. The van der Waals surface area contributed by atoms with Crippen molar-refractivity contribution < 1.29 is 17.9 Å². The number of ether oxygens (including phenoxy) is 1. The third-order valence-corrected chi connectivity index (χ3v) is 6.00. The maximum atomic E-state index is 12.8. The lowest BCUT2D eigenvalue weighted by Gasteiger charge is -2.31. The van der Waals surface area contributed by atoms with E-state index < -0.39 is 10.0 Å². The van der Waals surface area contributed by atoms with Gasteiger partial charge in [-0.1, -0.05) is 11.6 Å². The van der Waals surface area contributed by atoms with Crippen LogP contribution in [0.1, 0.15) is 19.8 Å². The quantitative estimate of drug-likeness (QED) is 0.870. The normalized spacial score (nSPS) is 19.3. The summed E-state index contributed by atoms with van der Waals surface area (Å²) < 4.78 is 32.2. The van der Waals surface area contributed by atoms with E-state index >= 15 is 0 Å². The fraction of sp³-hybridized carbons (Fsp3) is 0.533. The fourth-order valence-electron chi connectivity index (χ4n) is 2.64. The number of amides is 1. The number of carbonyl (C=O) groups excluding carboxylic acids is 1. The SMILES string of the molecule is CCOc1ccc(S(=O)(=O)N2CCCC(C(=O)NC)C2)cc1Cl. The topological polar surface area (TPSA) is 75.7 Å². The summed E-state index contributed by atoms with van der Waals surface area (Å²) in [6.45, 7) is 2.87. The van der Waals surface area contributed by atoms with Crippen molar-refractivity contribution in [1.82, 2.24) is 9.62 Å². The summed E-state index contributed by atoms with van der Waals surface area (Å²) in [6, 6.07) is 4.43. The number of benzene rings is 1. The average Bonchev–Trinajstić information content (AvgIpc) is 2.56. The molecule has 0 aromatic heterocycles. The molecule has 1 N–H and O–H groups in total. The van der Waals surface area contributed by atoms with Gasteiger partial charge in [0.05, 0.1) is 22.4 Å². The summed E-state index contributed by atoms with van der Waals surface area (Å²) in [6.07, 6.45) is 1.35. The van der Waals surface area contributed by atoms with Gasteiger partial charge < -0.3 is 10.1 Å². The van der Waals surface area contributed by atoms with Gasteiger partial charge in [-0.05, 0) is 38.0 Å². The van der Waals surface area contributed by atoms with Crippen molar-refractivity contribution in [3.63, 3.8) is 0 Å². The van der Waals surface area contributed by atoms with Crippen LogP contribution in [0.4, 0.5) is 0 Å². The van der Waals surface area contributed by atoms with Gasteiger partial charge >= 0.3 is 0 Å². The molecule has 0 bridgehead atoms. The highest BCUT2D eigenvalue weighted by molar-refractivity contribution is 7.89. The average molecular weight is 361 g/mol. The highest BCUT2D eigenvalue weighted by Crippen LogP contribution is 2.30. The number of sulfonamides is 1. The van der Waals surface area contributed by atoms with Crippen LogP contribution in [0.25, 0.3) is 0 Å². The van der Waals surface area contributed by atoms with E-state index in [1.807, 2.05) is 6.92 Å². The Kier molecular flexibility index (Phi) is 5.89. The van der Waals surface area contributed by atoms with Crippen LogP contribution in [0.15, 0.2) is 23.1 Å². The predicted molar refractivity (Wildman–Crippen MR) is 88.2 cm³/mol. The smallest absolute Gasteiger partial charge is 0.243 e. The molecule has 1 atom stereocenters. The maximum absolute atomic E-state index is 12.8. The van der Waals surface area contributed by atoms with Crippen LogP contribution in [0, 0.1) is 5.92 Å². The maximum Gasteiger partial charge on any atom is 0.243 e. The van der Waals surface area contributed by atoms with Crippen molar-refractivity contribution >= 4 is 27.5 Å². The van der Waals surface area contributed by atoms with Gasteiger partial charge in [0.25, 0.3) is 0 Å². The Bertz CT molecular complexity index is 678. The number of nitrogens with one attached hydrogen (secondary N) is 1. The van der Waals surface area contributed by atoms with Gasteiger partial charge in [-0.3, -0.25) is 4.79 Å². The lowest BCUT2D eigenvalue weighted by Crippen LogP contribution is -2.44. The minimum absolute atomic E-state index is 0.114. The number of rotatable bonds is 5. The second-order valence-electron chi connectivity index (χ2n) is 5.34. The fourth-order valence-corrected chi connectivity index (χ4v) is 4.49. The van der Waals surface area contributed by atoms with Crippen molar-refractivity contribution in [2.75, 3.05) is 26.7 Å². The number of carbonyl (C=O) groups is 1. The van der Waals surface area contributed by atoms with Crippen LogP contribution in [0.5, 0.6) is 5.75 Å². The number of hydrogen-bond acceptors (Lipinski definition) is 4. The van der Waals surface area contributed by atoms with Gasteiger partial charge in [0, 0.05) is 20.1 Å². The molecule has 6 nitrogen and oxygen atoms in total. The zero-order valence-electron chi connectivity index (χ0n) is 13.2. The molecule has 1 heterocycles. The molecule has 1 aromatic carbocycles. The summed E-state index contributed by atoms with van der Waals surface area (Å²) in [5.41, 5.74) is 0. The third-order valence-electron chi connectivity index (χ3n) is 3.84. The zero-order valence-corrected chi connectivity index (χ0v) is 14.8. The molecule has 1 aromatic rings. The Morgan fingerprint density at radius 2 is 2.22 bits per heavy atom. The minimum atomic E-state index is -3.68. The molecule has 8 heteroatoms. The van der Waals surface area contributed by atoms with Gasteiger partial charge in [-0.15, -0.1) is 0 Å². The molecule has 1 aliphatic heterocycles. The molecule has 0 saturated carbocycles. The lowest BCUT2D eigenvalue weighted by molar-refractivity contribution is -0.125. The van der Waals surface area contributed by atoms with Crippen LogP contribution >= 0.6 is 11.6 Å². The van der Waals surface area contributed by atoms with Gasteiger partial charge in [-0.25, -0.2) is 8.42 Å². The molecule has 1 aliphatic rings. The van der Waals surface area contributed by atoms with E-state index in [-0.39, 0.29) is 28.3 Å². The molecule has 1 fully saturated rings. The van der Waals surface area contributed by atoms with Crippen LogP contribution in [0.3, 0.4) is 0 Å². The van der Waals surface area contributed by atoms with Crippen molar-refractivity contribution in [1.29, 1.82) is 0 Å². The number of hydrogen-bond donors (Lipinski definition) is 1. The van der Waals surface area contributed by atoms with E-state index in [4.69, 9.17) is 16.3 Å². The minimum Gasteiger partial charge on any atom is -0.492 e. The van der Waals surface area contributed by atoms with Crippen LogP contribution in [-0.4, -0.2) is 45.4 Å². The van der Waals surface area contributed by atoms with E-state index in [9.17, 15) is 13.2 Å². The van der Waals surface area contributed by atoms with E-state index in [1.54, 1.807) is 13.1 Å². The summed E-state index contributed by atoms with van der Waals surface area (Å²) in [4.78, 5) is 11.9. The summed E-state index contributed by atoms with van der Waals surface area (Å²) in [5.74, 6) is 0.00585. The molecule has 0 spiro atoms. The molecule has 1 amide bonds. The van der Waals surface area contributed by atoms with Crippen LogP contribution in [-0.2, 0) is 14.8 Å². The summed E-state index contributed by atoms with van der Waals surface area (Å²) in [5, 5.41) is 2.84. The van der Waals surface area contributed by atoms with Gasteiger partial charge in [-0.2, -0.15) is 4.31 Å². The molecular weight excluding hydrogens is 340 g/mol. The van der Waals surface area contributed by atoms with Gasteiger partial charge in [0.15, 0.2) is 0 Å². The first-order chi connectivity index (χ1) is 10.9. The Hall–Kier alpha value is -1.31. The molecule has 0 aliphatic carbocycles. The first-order valence-electron chi connectivity index (χ1n) is 7.54. The zero-order chi connectivity index (χ0) is 17.0. The number of nitrogens with zero attached hydrogens (tertiary/aromatic N) is 1. The monoisotopic (exact) mass is 360 g/mol. The first kappa shape index (κ1) is 18.0. The molecule has 128 valence electrons. The Morgan fingerprint density at radius 3 is 2.83 bits per heavy atom. The van der Waals surface area contributed by atoms with Crippen molar-refractivity contribution in [2.24, 2.45) is 5.92 Å². The summed E-state index contributed by atoms with van der Waals surface area (Å²) in [7, 11) is -2.12. The van der Waals surface area contributed by atoms with E-state index in [1.165, 1.54) is 16.4 Å². The van der Waals surface area contributed by atoms with Crippen LogP contribution < -0.4 is 10.1 Å². The van der Waals surface area contributed by atoms with Crippen molar-refractivity contribution in [3.8, 4) is 5.75 Å². The Labute approximate surface area is 141 Å². The van der Waals surface area contributed by atoms with E-state index in [0.29, 0.717) is 31.7 Å². The number of piperidine rings is 1. The van der Waals surface area contributed by atoms with Crippen LogP contribution in [0.2, 0.25) is 5.02 Å². The second kappa shape index (κ2) is 7.51. The van der Waals surface area contributed by atoms with Crippen molar-refractivity contribution in [2.45, 2.75) is 24.7 Å². The summed E-state index contributed by atoms with van der Waals surface area (Å²) >= 11 is 6.08. The van der Waals surface area contributed by atoms with Crippen molar-refractivity contribution in [3.05, 3.63) is 23.2 Å².